The average Bonchev–Trinajstić information content (AvgIpc) is 2.15. The third-order valence-electron chi connectivity index (χ3n) is 2.68. The zero-order valence-corrected chi connectivity index (χ0v) is 11.9. The van der Waals surface area contributed by atoms with Crippen molar-refractivity contribution in [2.45, 2.75) is 33.2 Å². The van der Waals surface area contributed by atoms with Crippen LogP contribution < -0.4 is 5.32 Å². The van der Waals surface area contributed by atoms with E-state index in [9.17, 15) is 8.42 Å². The topological polar surface area (TPSA) is 49.4 Å². The Balaban J connectivity index is 0.00000225. The molecule has 0 aromatic carbocycles. The fourth-order valence-corrected chi connectivity index (χ4v) is 3.51. The Morgan fingerprint density at radius 3 is 2.56 bits per heavy atom. The van der Waals surface area contributed by atoms with E-state index in [2.05, 4.69) is 19.2 Å². The van der Waals surface area contributed by atoms with E-state index >= 15 is 0 Å². The second kappa shape index (κ2) is 6.79. The molecule has 1 aliphatic heterocycles. The van der Waals surface area contributed by atoms with Crippen LogP contribution in [0.15, 0.2) is 0 Å². The van der Waals surface area contributed by atoms with E-state index in [-0.39, 0.29) is 24.2 Å². The molecular formula is C10H23ClN2O2S. The van der Waals surface area contributed by atoms with Crippen LogP contribution >= 0.6 is 12.4 Å². The van der Waals surface area contributed by atoms with Gasteiger partial charge in [-0.2, -0.15) is 4.31 Å². The number of rotatable bonds is 4. The molecule has 98 valence electrons. The first-order chi connectivity index (χ1) is 6.92. The van der Waals surface area contributed by atoms with E-state index in [1.165, 1.54) is 0 Å². The summed E-state index contributed by atoms with van der Waals surface area (Å²) in [7, 11) is -3.02. The molecule has 0 aromatic heterocycles. The van der Waals surface area contributed by atoms with Gasteiger partial charge in [0.2, 0.25) is 10.0 Å². The fraction of sp³-hybridized carbons (Fsp3) is 1.00. The van der Waals surface area contributed by atoms with Crippen LogP contribution in [0.2, 0.25) is 0 Å². The minimum atomic E-state index is -3.02. The Bertz CT molecular complexity index is 293. The normalized spacial score (nSPS) is 23.1. The molecule has 1 rings (SSSR count). The molecule has 1 heterocycles. The van der Waals surface area contributed by atoms with Crippen molar-refractivity contribution in [3.05, 3.63) is 0 Å². The number of hydrogen-bond acceptors (Lipinski definition) is 3. The lowest BCUT2D eigenvalue weighted by molar-refractivity contribution is 0.309. The van der Waals surface area contributed by atoms with E-state index < -0.39 is 10.0 Å². The van der Waals surface area contributed by atoms with Gasteiger partial charge >= 0.3 is 0 Å². The molecule has 1 aliphatic rings. The van der Waals surface area contributed by atoms with Crippen LogP contribution in [-0.4, -0.2) is 44.2 Å². The first-order valence-corrected chi connectivity index (χ1v) is 7.24. The SMILES string of the molecule is CC(C)CCS(=O)(=O)N1CCNC(C)C1.Cl. The van der Waals surface area contributed by atoms with Crippen molar-refractivity contribution in [1.82, 2.24) is 9.62 Å². The Morgan fingerprint density at radius 1 is 1.44 bits per heavy atom. The number of nitrogens with one attached hydrogen (secondary N) is 1. The number of nitrogens with zero attached hydrogens (tertiary/aromatic N) is 1. The first kappa shape index (κ1) is 16.2. The first-order valence-electron chi connectivity index (χ1n) is 5.63. The fourth-order valence-electron chi connectivity index (χ4n) is 1.66. The molecule has 1 saturated heterocycles. The van der Waals surface area contributed by atoms with Gasteiger partial charge in [-0.3, -0.25) is 0 Å². The minimum absolute atomic E-state index is 0. The molecule has 0 amide bonds. The van der Waals surface area contributed by atoms with Gasteiger partial charge in [-0.25, -0.2) is 8.42 Å². The van der Waals surface area contributed by atoms with E-state index in [1.807, 2.05) is 6.92 Å². The highest BCUT2D eigenvalue weighted by Crippen LogP contribution is 2.10. The monoisotopic (exact) mass is 270 g/mol. The van der Waals surface area contributed by atoms with Gasteiger partial charge in [0.05, 0.1) is 5.75 Å². The third-order valence-corrected chi connectivity index (χ3v) is 4.55. The molecule has 4 nitrogen and oxygen atoms in total. The van der Waals surface area contributed by atoms with Crippen molar-refractivity contribution < 1.29 is 8.42 Å². The van der Waals surface area contributed by atoms with Crippen molar-refractivity contribution >= 4 is 22.4 Å². The van der Waals surface area contributed by atoms with Crippen molar-refractivity contribution in [2.75, 3.05) is 25.4 Å². The van der Waals surface area contributed by atoms with E-state index in [0.717, 1.165) is 13.0 Å². The van der Waals surface area contributed by atoms with Crippen molar-refractivity contribution in [3.8, 4) is 0 Å². The Morgan fingerprint density at radius 2 is 2.06 bits per heavy atom. The van der Waals surface area contributed by atoms with Gasteiger partial charge in [0.15, 0.2) is 0 Å². The maximum atomic E-state index is 11.9. The summed E-state index contributed by atoms with van der Waals surface area (Å²) >= 11 is 0. The second-order valence-corrected chi connectivity index (χ2v) is 6.80. The van der Waals surface area contributed by atoms with E-state index in [0.29, 0.717) is 19.0 Å². The minimum Gasteiger partial charge on any atom is -0.312 e. The van der Waals surface area contributed by atoms with Crippen LogP contribution in [-0.2, 0) is 10.0 Å². The Labute approximate surface area is 105 Å². The van der Waals surface area contributed by atoms with Crippen molar-refractivity contribution in [3.63, 3.8) is 0 Å². The number of piperazine rings is 1. The maximum absolute atomic E-state index is 11.9. The molecule has 0 aliphatic carbocycles. The molecule has 0 bridgehead atoms. The van der Waals surface area contributed by atoms with Gasteiger partial charge in [-0.15, -0.1) is 12.4 Å². The van der Waals surface area contributed by atoms with Crippen LogP contribution in [0, 0.1) is 5.92 Å². The molecule has 0 saturated carbocycles. The van der Waals surface area contributed by atoms with Gasteiger partial charge in [0.25, 0.3) is 0 Å². The quantitative estimate of drug-likeness (QED) is 0.832. The Kier molecular flexibility index (Phi) is 6.86. The highest BCUT2D eigenvalue weighted by Gasteiger charge is 2.26. The van der Waals surface area contributed by atoms with Crippen LogP contribution in [0.3, 0.4) is 0 Å². The lowest BCUT2D eigenvalue weighted by Crippen LogP contribution is -2.51. The van der Waals surface area contributed by atoms with Gasteiger partial charge in [0.1, 0.15) is 0 Å². The molecule has 1 N–H and O–H groups in total. The zero-order chi connectivity index (χ0) is 11.5. The van der Waals surface area contributed by atoms with Gasteiger partial charge in [-0.05, 0) is 19.3 Å². The average molecular weight is 271 g/mol. The lowest BCUT2D eigenvalue weighted by Gasteiger charge is -2.31. The molecule has 1 unspecified atom stereocenters. The molecular weight excluding hydrogens is 248 g/mol. The smallest absolute Gasteiger partial charge is 0.214 e. The van der Waals surface area contributed by atoms with Crippen LogP contribution in [0.1, 0.15) is 27.2 Å². The summed E-state index contributed by atoms with van der Waals surface area (Å²) in [6, 6.07) is 0.271. The zero-order valence-electron chi connectivity index (χ0n) is 10.3. The largest absolute Gasteiger partial charge is 0.312 e. The van der Waals surface area contributed by atoms with Gasteiger partial charge < -0.3 is 5.32 Å². The summed E-state index contributed by atoms with van der Waals surface area (Å²) in [4.78, 5) is 0. The number of sulfonamides is 1. The molecule has 0 radical (unpaired) electrons. The molecule has 1 fully saturated rings. The molecule has 1 atom stereocenters. The predicted molar refractivity (Wildman–Crippen MR) is 69.5 cm³/mol. The third kappa shape index (κ3) is 4.99. The van der Waals surface area contributed by atoms with Crippen molar-refractivity contribution in [1.29, 1.82) is 0 Å². The predicted octanol–water partition coefficient (Wildman–Crippen LogP) is 1.08. The van der Waals surface area contributed by atoms with Gasteiger partial charge in [-0.1, -0.05) is 13.8 Å². The highest BCUT2D eigenvalue weighted by atomic mass is 35.5. The second-order valence-electron chi connectivity index (χ2n) is 4.71. The van der Waals surface area contributed by atoms with Crippen molar-refractivity contribution in [2.24, 2.45) is 5.92 Å². The molecule has 16 heavy (non-hydrogen) atoms. The van der Waals surface area contributed by atoms with Crippen LogP contribution in [0.25, 0.3) is 0 Å². The summed E-state index contributed by atoms with van der Waals surface area (Å²) < 4.78 is 25.5. The number of halogens is 1. The van der Waals surface area contributed by atoms with Crippen LogP contribution in [0.5, 0.6) is 0 Å². The Hall–Kier alpha value is 0.160. The van der Waals surface area contributed by atoms with Gasteiger partial charge in [0, 0.05) is 25.7 Å². The van der Waals surface area contributed by atoms with E-state index in [4.69, 9.17) is 0 Å². The molecule has 0 spiro atoms. The maximum Gasteiger partial charge on any atom is 0.214 e. The lowest BCUT2D eigenvalue weighted by atomic mass is 10.2. The summed E-state index contributed by atoms with van der Waals surface area (Å²) in [6.07, 6.45) is 0.751. The molecule has 6 heteroatoms. The molecule has 0 aromatic rings. The van der Waals surface area contributed by atoms with Crippen LogP contribution in [0.4, 0.5) is 0 Å². The summed E-state index contributed by atoms with van der Waals surface area (Å²) in [5.41, 5.74) is 0. The van der Waals surface area contributed by atoms with E-state index in [1.54, 1.807) is 4.31 Å². The standard InChI is InChI=1S/C10H22N2O2S.ClH/c1-9(2)4-7-15(13,14)12-6-5-11-10(3)8-12;/h9-11H,4-8H2,1-3H3;1H. The summed E-state index contributed by atoms with van der Waals surface area (Å²) in [6.45, 7) is 8.11. The highest BCUT2D eigenvalue weighted by molar-refractivity contribution is 7.89. The summed E-state index contributed by atoms with van der Waals surface area (Å²) in [5, 5.41) is 3.24. The summed E-state index contributed by atoms with van der Waals surface area (Å²) in [5.74, 6) is 0.734. The number of hydrogen-bond donors (Lipinski definition) is 1.